The highest BCUT2D eigenvalue weighted by Crippen LogP contribution is 2.33. The molecular formula is C12H17NO2S. The van der Waals surface area contributed by atoms with Gasteiger partial charge < -0.3 is 0 Å². The summed E-state index contributed by atoms with van der Waals surface area (Å²) in [6, 6.07) is 10.1. The van der Waals surface area contributed by atoms with E-state index in [4.69, 9.17) is 0 Å². The van der Waals surface area contributed by atoms with Crippen LogP contribution >= 0.6 is 0 Å². The largest absolute Gasteiger partial charge is 0.213 e. The maximum atomic E-state index is 11.5. The fourth-order valence-corrected chi connectivity index (χ4v) is 3.26. The quantitative estimate of drug-likeness (QED) is 0.787. The topological polar surface area (TPSA) is 37.4 Å². The summed E-state index contributed by atoms with van der Waals surface area (Å²) in [5, 5.41) is 0. The van der Waals surface area contributed by atoms with E-state index < -0.39 is 10.0 Å². The van der Waals surface area contributed by atoms with Crippen molar-refractivity contribution < 1.29 is 8.42 Å². The average molecular weight is 239 g/mol. The SMILES string of the molecule is CC1CN(S(C)(=O)=O)CC1c1ccccc1. The molecule has 1 aliphatic rings. The predicted octanol–water partition coefficient (Wildman–Crippen LogP) is 1.68. The molecule has 0 bridgehead atoms. The summed E-state index contributed by atoms with van der Waals surface area (Å²) < 4.78 is 24.5. The number of hydrogen-bond donors (Lipinski definition) is 0. The van der Waals surface area contributed by atoms with Crippen molar-refractivity contribution in [3.63, 3.8) is 0 Å². The molecule has 0 amide bonds. The predicted molar refractivity (Wildman–Crippen MR) is 64.8 cm³/mol. The van der Waals surface area contributed by atoms with Crippen LogP contribution in [0, 0.1) is 5.92 Å². The maximum Gasteiger partial charge on any atom is 0.211 e. The number of benzene rings is 1. The number of sulfonamides is 1. The van der Waals surface area contributed by atoms with Crippen LogP contribution in [0.5, 0.6) is 0 Å². The summed E-state index contributed by atoms with van der Waals surface area (Å²) in [5.41, 5.74) is 1.24. The van der Waals surface area contributed by atoms with Gasteiger partial charge in [0, 0.05) is 19.0 Å². The van der Waals surface area contributed by atoms with Crippen LogP contribution < -0.4 is 0 Å². The fourth-order valence-electron chi connectivity index (χ4n) is 2.33. The van der Waals surface area contributed by atoms with Crippen LogP contribution in [0.1, 0.15) is 18.4 Å². The molecule has 1 fully saturated rings. The second-order valence-electron chi connectivity index (χ2n) is 4.57. The summed E-state index contributed by atoms with van der Waals surface area (Å²) in [6.07, 6.45) is 1.28. The minimum absolute atomic E-state index is 0.330. The lowest BCUT2D eigenvalue weighted by atomic mass is 9.90. The molecule has 16 heavy (non-hydrogen) atoms. The van der Waals surface area contributed by atoms with Crippen LogP contribution in [0.2, 0.25) is 0 Å². The lowest BCUT2D eigenvalue weighted by molar-refractivity contribution is 0.469. The van der Waals surface area contributed by atoms with Gasteiger partial charge in [0.2, 0.25) is 10.0 Å². The fraction of sp³-hybridized carbons (Fsp3) is 0.500. The Bertz CT molecular complexity index is 455. The van der Waals surface area contributed by atoms with Gasteiger partial charge in [-0.25, -0.2) is 12.7 Å². The average Bonchev–Trinajstić information content (AvgIpc) is 2.61. The van der Waals surface area contributed by atoms with E-state index in [9.17, 15) is 8.42 Å². The highest BCUT2D eigenvalue weighted by molar-refractivity contribution is 7.88. The van der Waals surface area contributed by atoms with Crippen molar-refractivity contribution in [2.24, 2.45) is 5.92 Å². The number of nitrogens with zero attached hydrogens (tertiary/aromatic N) is 1. The summed E-state index contributed by atoms with van der Waals surface area (Å²) in [6.45, 7) is 3.37. The first-order valence-corrected chi connectivity index (χ1v) is 7.33. The Hall–Kier alpha value is -0.870. The van der Waals surface area contributed by atoms with Gasteiger partial charge in [-0.05, 0) is 11.5 Å². The summed E-state index contributed by atoms with van der Waals surface area (Å²) in [5.74, 6) is 0.716. The van der Waals surface area contributed by atoms with Crippen LogP contribution in [-0.4, -0.2) is 32.1 Å². The molecule has 2 atom stereocenters. The molecule has 1 saturated heterocycles. The van der Waals surface area contributed by atoms with Crippen molar-refractivity contribution in [1.29, 1.82) is 0 Å². The van der Waals surface area contributed by atoms with E-state index in [-0.39, 0.29) is 0 Å². The molecule has 1 aliphatic heterocycles. The molecule has 1 aromatic rings. The molecule has 2 rings (SSSR count). The molecule has 0 aromatic heterocycles. The molecule has 0 aliphatic carbocycles. The van der Waals surface area contributed by atoms with Gasteiger partial charge >= 0.3 is 0 Å². The van der Waals surface area contributed by atoms with Gasteiger partial charge in [-0.3, -0.25) is 0 Å². The second-order valence-corrected chi connectivity index (χ2v) is 6.56. The van der Waals surface area contributed by atoms with Crippen LogP contribution in [0.4, 0.5) is 0 Å². The van der Waals surface area contributed by atoms with E-state index in [0.29, 0.717) is 24.9 Å². The van der Waals surface area contributed by atoms with Gasteiger partial charge in [-0.2, -0.15) is 0 Å². The standard InChI is InChI=1S/C12H17NO2S/c1-10-8-13(16(2,14)15)9-12(10)11-6-4-3-5-7-11/h3-7,10,12H,8-9H2,1-2H3. The van der Waals surface area contributed by atoms with Crippen molar-refractivity contribution in [3.8, 4) is 0 Å². The van der Waals surface area contributed by atoms with Gasteiger partial charge in [0.1, 0.15) is 0 Å². The normalized spacial score (nSPS) is 27.1. The minimum Gasteiger partial charge on any atom is -0.213 e. The Morgan fingerprint density at radius 1 is 1.19 bits per heavy atom. The van der Waals surface area contributed by atoms with E-state index in [1.165, 1.54) is 11.8 Å². The zero-order valence-corrected chi connectivity index (χ0v) is 10.4. The zero-order valence-electron chi connectivity index (χ0n) is 9.63. The van der Waals surface area contributed by atoms with Gasteiger partial charge in [0.15, 0.2) is 0 Å². The molecule has 1 aromatic carbocycles. The van der Waals surface area contributed by atoms with E-state index >= 15 is 0 Å². The molecule has 0 N–H and O–H groups in total. The monoisotopic (exact) mass is 239 g/mol. The molecular weight excluding hydrogens is 222 g/mol. The summed E-state index contributed by atoms with van der Waals surface area (Å²) >= 11 is 0. The number of rotatable bonds is 2. The Balaban J connectivity index is 2.21. The molecule has 0 spiro atoms. The third-order valence-corrected chi connectivity index (χ3v) is 4.51. The molecule has 3 nitrogen and oxygen atoms in total. The first kappa shape index (κ1) is 11.6. The van der Waals surface area contributed by atoms with Crippen LogP contribution in [0.3, 0.4) is 0 Å². The molecule has 0 saturated carbocycles. The van der Waals surface area contributed by atoms with E-state index in [1.54, 1.807) is 4.31 Å². The van der Waals surface area contributed by atoms with Gasteiger partial charge in [0.05, 0.1) is 6.26 Å². The zero-order chi connectivity index (χ0) is 11.8. The lowest BCUT2D eigenvalue weighted by Crippen LogP contribution is -2.27. The number of hydrogen-bond acceptors (Lipinski definition) is 2. The van der Waals surface area contributed by atoms with Crippen molar-refractivity contribution in [1.82, 2.24) is 4.31 Å². The Labute approximate surface area is 97.1 Å². The molecule has 88 valence electrons. The van der Waals surface area contributed by atoms with Crippen LogP contribution in [0.25, 0.3) is 0 Å². The smallest absolute Gasteiger partial charge is 0.211 e. The third kappa shape index (κ3) is 2.28. The Morgan fingerprint density at radius 2 is 1.81 bits per heavy atom. The van der Waals surface area contributed by atoms with E-state index in [1.807, 2.05) is 18.2 Å². The second kappa shape index (κ2) is 4.18. The maximum absolute atomic E-state index is 11.5. The molecule has 0 radical (unpaired) electrons. The third-order valence-electron chi connectivity index (χ3n) is 3.28. The minimum atomic E-state index is -3.04. The van der Waals surface area contributed by atoms with Crippen molar-refractivity contribution in [2.75, 3.05) is 19.3 Å². The van der Waals surface area contributed by atoms with Crippen LogP contribution in [0.15, 0.2) is 30.3 Å². The van der Waals surface area contributed by atoms with Gasteiger partial charge in [-0.1, -0.05) is 37.3 Å². The molecule has 1 heterocycles. The van der Waals surface area contributed by atoms with E-state index in [2.05, 4.69) is 19.1 Å². The van der Waals surface area contributed by atoms with Crippen molar-refractivity contribution >= 4 is 10.0 Å². The first-order chi connectivity index (χ1) is 7.48. The van der Waals surface area contributed by atoms with Gasteiger partial charge in [0.25, 0.3) is 0 Å². The lowest BCUT2D eigenvalue weighted by Gasteiger charge is -2.14. The van der Waals surface area contributed by atoms with Crippen molar-refractivity contribution in [2.45, 2.75) is 12.8 Å². The molecule has 2 unspecified atom stereocenters. The highest BCUT2D eigenvalue weighted by Gasteiger charge is 2.34. The summed E-state index contributed by atoms with van der Waals surface area (Å²) in [4.78, 5) is 0. The van der Waals surface area contributed by atoms with Crippen LogP contribution in [-0.2, 0) is 10.0 Å². The Kier molecular flexibility index (Phi) is 3.04. The summed E-state index contributed by atoms with van der Waals surface area (Å²) in [7, 11) is -3.04. The van der Waals surface area contributed by atoms with Crippen molar-refractivity contribution in [3.05, 3.63) is 35.9 Å². The molecule has 4 heteroatoms. The Morgan fingerprint density at radius 3 is 2.31 bits per heavy atom. The van der Waals surface area contributed by atoms with Gasteiger partial charge in [-0.15, -0.1) is 0 Å². The highest BCUT2D eigenvalue weighted by atomic mass is 32.2. The first-order valence-electron chi connectivity index (χ1n) is 5.48. The van der Waals surface area contributed by atoms with E-state index in [0.717, 1.165) is 0 Å².